The number of aryl methyl sites for hydroxylation is 2. The molecule has 2 unspecified atom stereocenters. The van der Waals surface area contributed by atoms with E-state index in [1.165, 1.54) is 55.4 Å². The lowest BCUT2D eigenvalue weighted by Gasteiger charge is -2.43. The molecule has 1 fully saturated rings. The number of aromatic nitrogens is 2. The number of rotatable bonds is 6. The highest BCUT2D eigenvalue weighted by Crippen LogP contribution is 2.40. The molecule has 7 rings (SSSR count). The van der Waals surface area contributed by atoms with Gasteiger partial charge in [-0.1, -0.05) is 83.9 Å². The van der Waals surface area contributed by atoms with E-state index in [-0.39, 0.29) is 12.1 Å². The van der Waals surface area contributed by atoms with Gasteiger partial charge in [0.15, 0.2) is 0 Å². The molecule has 2 aromatic heterocycles. The first-order chi connectivity index (χ1) is 20.5. The molecule has 3 heterocycles. The molecule has 42 heavy (non-hydrogen) atoms. The highest BCUT2D eigenvalue weighted by Gasteiger charge is 2.34. The van der Waals surface area contributed by atoms with Gasteiger partial charge in [-0.05, 0) is 61.4 Å². The molecule has 1 aliphatic heterocycles. The summed E-state index contributed by atoms with van der Waals surface area (Å²) in [6, 6.07) is 34.4. The van der Waals surface area contributed by atoms with E-state index in [0.717, 1.165) is 36.2 Å². The Morgan fingerprint density at radius 3 is 1.26 bits per heavy atom. The predicted octanol–water partition coefficient (Wildman–Crippen LogP) is 9.07. The summed E-state index contributed by atoms with van der Waals surface area (Å²) in [6.07, 6.45) is 0. The topological polar surface area (TPSA) is 38.1 Å². The van der Waals surface area contributed by atoms with E-state index in [2.05, 4.69) is 106 Å². The number of benzene rings is 4. The van der Waals surface area contributed by atoms with Crippen molar-refractivity contribution < 1.29 is 0 Å². The fourth-order valence-electron chi connectivity index (χ4n) is 6.97. The highest BCUT2D eigenvalue weighted by atomic mass is 35.5. The van der Waals surface area contributed by atoms with Crippen molar-refractivity contribution in [2.24, 2.45) is 0 Å². The molecule has 1 aliphatic rings. The van der Waals surface area contributed by atoms with Crippen LogP contribution in [0.5, 0.6) is 0 Å². The summed E-state index contributed by atoms with van der Waals surface area (Å²) in [5.74, 6) is 0. The molecule has 6 heteroatoms. The first kappa shape index (κ1) is 27.3. The van der Waals surface area contributed by atoms with Crippen molar-refractivity contribution in [2.45, 2.75) is 25.9 Å². The molecule has 1 saturated heterocycles. The molecular formula is C36H34Cl2N4. The number of hydrogen-bond acceptors (Lipinski definition) is 2. The standard InChI is InChI=1S/C36H34Cl2N4/c1-23-33(29-7-3-5-9-31(29)39-23)35(25-11-15-27(37)16-12-25)41-19-21-42(22-20-41)36(26-13-17-28(38)18-14-26)34-24(2)40-32-10-6-4-8-30(32)34/h3-18,35-36,39-40H,19-22H2,1-2H3. The van der Waals surface area contributed by atoms with Crippen molar-refractivity contribution in [1.82, 2.24) is 19.8 Å². The summed E-state index contributed by atoms with van der Waals surface area (Å²) >= 11 is 12.7. The van der Waals surface area contributed by atoms with Crippen molar-refractivity contribution in [1.29, 1.82) is 0 Å². The third kappa shape index (κ3) is 4.93. The molecule has 2 atom stereocenters. The molecule has 4 aromatic carbocycles. The van der Waals surface area contributed by atoms with Crippen molar-refractivity contribution in [3.8, 4) is 0 Å². The summed E-state index contributed by atoms with van der Waals surface area (Å²) in [5.41, 5.74) is 10.0. The summed E-state index contributed by atoms with van der Waals surface area (Å²) in [5, 5.41) is 4.09. The van der Waals surface area contributed by atoms with E-state index < -0.39 is 0 Å². The lowest BCUT2D eigenvalue weighted by Crippen LogP contribution is -2.49. The molecule has 4 nitrogen and oxygen atoms in total. The number of aromatic amines is 2. The van der Waals surface area contributed by atoms with E-state index in [0.29, 0.717) is 0 Å². The van der Waals surface area contributed by atoms with Gasteiger partial charge in [-0.15, -0.1) is 0 Å². The number of halogens is 2. The van der Waals surface area contributed by atoms with Gasteiger partial charge in [0.05, 0.1) is 12.1 Å². The summed E-state index contributed by atoms with van der Waals surface area (Å²) in [4.78, 5) is 12.6. The van der Waals surface area contributed by atoms with Gasteiger partial charge in [0.1, 0.15) is 0 Å². The van der Waals surface area contributed by atoms with Crippen LogP contribution in [-0.2, 0) is 0 Å². The van der Waals surface area contributed by atoms with Gasteiger partial charge in [0, 0.05) is 80.5 Å². The smallest absolute Gasteiger partial charge is 0.0626 e. The number of piperazine rings is 1. The fourth-order valence-corrected chi connectivity index (χ4v) is 7.22. The van der Waals surface area contributed by atoms with E-state index >= 15 is 0 Å². The first-order valence-corrected chi connectivity index (χ1v) is 15.4. The maximum atomic E-state index is 6.34. The van der Waals surface area contributed by atoms with E-state index in [1.807, 2.05) is 24.3 Å². The molecule has 0 bridgehead atoms. The maximum Gasteiger partial charge on any atom is 0.0626 e. The average molecular weight is 594 g/mol. The molecule has 0 spiro atoms. The third-order valence-electron chi connectivity index (χ3n) is 8.88. The number of fused-ring (bicyclic) bond motifs is 2. The Morgan fingerprint density at radius 2 is 0.881 bits per heavy atom. The second-order valence-corrected chi connectivity index (χ2v) is 12.3. The Bertz CT molecular complexity index is 1710. The van der Waals surface area contributed by atoms with Gasteiger partial charge < -0.3 is 9.97 Å². The fraction of sp³-hybridized carbons (Fsp3) is 0.222. The molecule has 2 N–H and O–H groups in total. The van der Waals surface area contributed by atoms with Crippen LogP contribution in [0.25, 0.3) is 21.8 Å². The van der Waals surface area contributed by atoms with Crippen molar-refractivity contribution in [3.63, 3.8) is 0 Å². The van der Waals surface area contributed by atoms with Crippen molar-refractivity contribution in [3.05, 3.63) is 141 Å². The lowest BCUT2D eigenvalue weighted by molar-refractivity contribution is 0.0902. The zero-order valence-corrected chi connectivity index (χ0v) is 25.4. The quantitative estimate of drug-likeness (QED) is 0.202. The Hall–Kier alpha value is -3.54. The van der Waals surface area contributed by atoms with Gasteiger partial charge in [-0.25, -0.2) is 0 Å². The van der Waals surface area contributed by atoms with Gasteiger partial charge >= 0.3 is 0 Å². The molecule has 6 aromatic rings. The Morgan fingerprint density at radius 1 is 0.524 bits per heavy atom. The van der Waals surface area contributed by atoms with E-state index in [9.17, 15) is 0 Å². The van der Waals surface area contributed by atoms with Gasteiger partial charge in [0.25, 0.3) is 0 Å². The van der Waals surface area contributed by atoms with Crippen LogP contribution in [0.1, 0.15) is 45.7 Å². The molecule has 0 saturated carbocycles. The Kier molecular flexibility index (Phi) is 7.33. The van der Waals surface area contributed by atoms with Crippen LogP contribution in [0.15, 0.2) is 97.1 Å². The Labute approximate surface area is 256 Å². The average Bonchev–Trinajstić information content (AvgIpc) is 3.51. The van der Waals surface area contributed by atoms with Crippen LogP contribution in [0, 0.1) is 13.8 Å². The third-order valence-corrected chi connectivity index (χ3v) is 9.39. The van der Waals surface area contributed by atoms with E-state index in [1.54, 1.807) is 0 Å². The molecule has 212 valence electrons. The summed E-state index contributed by atoms with van der Waals surface area (Å²) in [7, 11) is 0. The summed E-state index contributed by atoms with van der Waals surface area (Å²) in [6.45, 7) is 8.17. The normalized spacial score (nSPS) is 16.3. The number of para-hydroxylation sites is 2. The predicted molar refractivity (Wildman–Crippen MR) is 176 cm³/mol. The van der Waals surface area contributed by atoms with E-state index in [4.69, 9.17) is 23.2 Å². The van der Waals surface area contributed by atoms with Crippen molar-refractivity contribution >= 4 is 45.0 Å². The highest BCUT2D eigenvalue weighted by molar-refractivity contribution is 6.30. The minimum Gasteiger partial charge on any atom is -0.358 e. The SMILES string of the molecule is Cc1[nH]c2ccccc2c1C(c1ccc(Cl)cc1)N1CCN(C(c2ccc(Cl)cc2)c2c(C)[nH]c3ccccc23)CC1. The van der Waals surface area contributed by atoms with Crippen LogP contribution in [0.3, 0.4) is 0 Å². The van der Waals surface area contributed by atoms with Crippen LogP contribution in [-0.4, -0.2) is 45.9 Å². The van der Waals surface area contributed by atoms with Gasteiger partial charge in [-0.3, -0.25) is 9.80 Å². The number of hydrogen-bond donors (Lipinski definition) is 2. The first-order valence-electron chi connectivity index (χ1n) is 14.6. The zero-order chi connectivity index (χ0) is 28.8. The minimum absolute atomic E-state index is 0.129. The summed E-state index contributed by atoms with van der Waals surface area (Å²) < 4.78 is 0. The second kappa shape index (κ2) is 11.3. The molecule has 0 radical (unpaired) electrons. The largest absolute Gasteiger partial charge is 0.358 e. The molecular weight excluding hydrogens is 559 g/mol. The zero-order valence-electron chi connectivity index (χ0n) is 23.9. The van der Waals surface area contributed by atoms with Crippen LogP contribution < -0.4 is 0 Å². The molecule has 0 aliphatic carbocycles. The monoisotopic (exact) mass is 592 g/mol. The van der Waals surface area contributed by atoms with Gasteiger partial charge in [0.2, 0.25) is 0 Å². The maximum absolute atomic E-state index is 6.34. The second-order valence-electron chi connectivity index (χ2n) is 11.4. The van der Waals surface area contributed by atoms with Crippen LogP contribution in [0.4, 0.5) is 0 Å². The van der Waals surface area contributed by atoms with Gasteiger partial charge in [-0.2, -0.15) is 0 Å². The number of nitrogens with one attached hydrogen (secondary N) is 2. The van der Waals surface area contributed by atoms with Crippen molar-refractivity contribution in [2.75, 3.05) is 26.2 Å². The van der Waals surface area contributed by atoms with Crippen LogP contribution >= 0.6 is 23.2 Å². The number of H-pyrrole nitrogens is 2. The molecule has 0 amide bonds. The number of nitrogens with zero attached hydrogens (tertiary/aromatic N) is 2. The Balaban J connectivity index is 1.26. The lowest BCUT2D eigenvalue weighted by atomic mass is 9.92. The minimum atomic E-state index is 0.129. The van der Waals surface area contributed by atoms with Crippen LogP contribution in [0.2, 0.25) is 10.0 Å².